The fourth-order valence-corrected chi connectivity index (χ4v) is 6.55. The zero-order chi connectivity index (χ0) is 15.6. The Bertz CT molecular complexity index is 528. The van der Waals surface area contributed by atoms with Gasteiger partial charge < -0.3 is 5.11 Å². The highest BCUT2D eigenvalue weighted by Gasteiger charge is 2.61. The summed E-state index contributed by atoms with van der Waals surface area (Å²) in [6.07, 6.45) is 5.41. The molecular weight excluding hydrogens is 279 g/mol. The van der Waals surface area contributed by atoms with Gasteiger partial charge in [0, 0.05) is 12.3 Å². The van der Waals surface area contributed by atoms with E-state index in [-0.39, 0.29) is 29.1 Å². The Morgan fingerprint density at radius 1 is 1.27 bits per heavy atom. The van der Waals surface area contributed by atoms with Crippen molar-refractivity contribution in [2.24, 2.45) is 35.0 Å². The van der Waals surface area contributed by atoms with Crippen molar-refractivity contribution in [2.75, 3.05) is 0 Å². The van der Waals surface area contributed by atoms with Gasteiger partial charge >= 0.3 is 0 Å². The number of hydrogen-bond donors (Lipinski definition) is 1. The van der Waals surface area contributed by atoms with Crippen molar-refractivity contribution < 1.29 is 14.3 Å². The molecule has 0 aromatic heterocycles. The van der Waals surface area contributed by atoms with Gasteiger partial charge in [-0.15, -0.1) is 0 Å². The molecule has 0 spiro atoms. The lowest BCUT2D eigenvalue weighted by Crippen LogP contribution is -2.54. The largest absolute Gasteiger partial charge is 0.393 e. The third-order valence-corrected chi connectivity index (χ3v) is 7.52. The van der Waals surface area contributed by atoms with Crippen LogP contribution in [0.3, 0.4) is 0 Å². The van der Waals surface area contributed by atoms with Gasteiger partial charge in [0.2, 0.25) is 0 Å². The van der Waals surface area contributed by atoms with E-state index >= 15 is 4.39 Å². The van der Waals surface area contributed by atoms with Crippen molar-refractivity contribution in [3.63, 3.8) is 0 Å². The smallest absolute Gasteiger partial charge is 0.155 e. The monoisotopic (exact) mass is 306 g/mol. The van der Waals surface area contributed by atoms with Gasteiger partial charge in [0.05, 0.1) is 6.10 Å². The summed E-state index contributed by atoms with van der Waals surface area (Å²) in [4.78, 5) is 11.7. The van der Waals surface area contributed by atoms with Crippen LogP contribution in [0.1, 0.15) is 52.4 Å². The second-order valence-electron chi connectivity index (χ2n) is 8.59. The van der Waals surface area contributed by atoms with Gasteiger partial charge in [0.25, 0.3) is 0 Å². The van der Waals surface area contributed by atoms with E-state index in [1.165, 1.54) is 5.57 Å². The molecule has 4 rings (SSSR count). The van der Waals surface area contributed by atoms with E-state index in [2.05, 4.69) is 13.8 Å². The number of fused-ring (bicyclic) bond motifs is 5. The van der Waals surface area contributed by atoms with Crippen LogP contribution in [0.2, 0.25) is 0 Å². The highest BCUT2D eigenvalue weighted by atomic mass is 19.1. The number of halogens is 1. The maximum absolute atomic E-state index is 15.2. The molecule has 22 heavy (non-hydrogen) atoms. The lowest BCUT2D eigenvalue weighted by atomic mass is 9.49. The number of hydrogen-bond acceptors (Lipinski definition) is 2. The summed E-state index contributed by atoms with van der Waals surface area (Å²) in [5.74, 6) is 1.83. The first kappa shape index (κ1) is 14.9. The Kier molecular flexibility index (Phi) is 3.31. The molecule has 4 aliphatic rings. The van der Waals surface area contributed by atoms with Gasteiger partial charge in [0.1, 0.15) is 6.17 Å². The first-order valence-corrected chi connectivity index (χ1v) is 8.97. The average molecular weight is 306 g/mol. The van der Waals surface area contributed by atoms with Gasteiger partial charge in [-0.2, -0.15) is 0 Å². The van der Waals surface area contributed by atoms with Crippen LogP contribution in [0.4, 0.5) is 4.39 Å². The summed E-state index contributed by atoms with van der Waals surface area (Å²) >= 11 is 0. The first-order chi connectivity index (χ1) is 10.4. The van der Waals surface area contributed by atoms with Crippen LogP contribution in [-0.2, 0) is 4.79 Å². The standard InChI is InChI=1S/C19H27FO2/c1-10-7-11-8-12(21)3-4-13(11)18-15(20)9-19(2)14(17(10)18)5-6-16(19)22/h8,10,13-18,22H,3-7,9H2,1-2H3/t10?,13-,14-,15?,16-,17-,18-,19-/m0/s1. The minimum Gasteiger partial charge on any atom is -0.393 e. The zero-order valence-corrected chi connectivity index (χ0v) is 13.6. The highest BCUT2D eigenvalue weighted by Crippen LogP contribution is 2.63. The molecule has 0 aromatic rings. The third kappa shape index (κ3) is 1.90. The number of rotatable bonds is 0. The highest BCUT2D eigenvalue weighted by molar-refractivity contribution is 5.91. The molecule has 0 bridgehead atoms. The molecule has 4 aliphatic carbocycles. The van der Waals surface area contributed by atoms with Crippen LogP contribution in [-0.4, -0.2) is 23.2 Å². The molecule has 1 N–H and O–H groups in total. The van der Waals surface area contributed by atoms with Gasteiger partial charge in [-0.3, -0.25) is 4.79 Å². The number of carbonyl (C=O) groups excluding carboxylic acids is 1. The molecule has 0 aromatic carbocycles. The molecule has 0 amide bonds. The Labute approximate surface area is 132 Å². The number of aliphatic hydroxyl groups is 1. The molecule has 122 valence electrons. The van der Waals surface area contributed by atoms with Crippen LogP contribution in [0, 0.1) is 35.0 Å². The topological polar surface area (TPSA) is 37.3 Å². The fraction of sp³-hybridized carbons (Fsp3) is 0.842. The lowest BCUT2D eigenvalue weighted by molar-refractivity contribution is -0.120. The molecule has 0 heterocycles. The van der Waals surface area contributed by atoms with E-state index in [0.717, 1.165) is 25.7 Å². The molecular formula is C19H27FO2. The summed E-state index contributed by atoms with van der Waals surface area (Å²) in [5.41, 5.74) is 0.982. The van der Waals surface area contributed by atoms with Crippen molar-refractivity contribution >= 4 is 5.78 Å². The van der Waals surface area contributed by atoms with E-state index < -0.39 is 6.17 Å². The quantitative estimate of drug-likeness (QED) is 0.741. The van der Waals surface area contributed by atoms with Crippen LogP contribution < -0.4 is 0 Å². The van der Waals surface area contributed by atoms with E-state index in [0.29, 0.717) is 30.6 Å². The van der Waals surface area contributed by atoms with E-state index in [9.17, 15) is 9.90 Å². The lowest BCUT2D eigenvalue weighted by Gasteiger charge is -2.56. The fourth-order valence-electron chi connectivity index (χ4n) is 6.55. The maximum Gasteiger partial charge on any atom is 0.155 e. The van der Waals surface area contributed by atoms with Crippen molar-refractivity contribution in [2.45, 2.75) is 64.6 Å². The second kappa shape index (κ2) is 4.90. The van der Waals surface area contributed by atoms with Crippen molar-refractivity contribution in [3.8, 4) is 0 Å². The second-order valence-corrected chi connectivity index (χ2v) is 8.59. The number of allylic oxidation sites excluding steroid dienone is 1. The Morgan fingerprint density at radius 3 is 2.82 bits per heavy atom. The SMILES string of the molecule is CC1CC2=CC(=O)CC[C@@H]2[C@H]2C(F)C[C@]3(C)[C@@H](O)CC[C@H]3[C@H]12. The predicted molar refractivity (Wildman–Crippen MR) is 82.9 cm³/mol. The summed E-state index contributed by atoms with van der Waals surface area (Å²) in [6.45, 7) is 4.34. The molecule has 3 fully saturated rings. The molecule has 2 nitrogen and oxygen atoms in total. The van der Waals surface area contributed by atoms with E-state index in [1.54, 1.807) is 0 Å². The number of alkyl halides is 1. The molecule has 0 radical (unpaired) electrons. The number of carbonyl (C=O) groups is 1. The van der Waals surface area contributed by atoms with E-state index in [1.807, 2.05) is 6.08 Å². The molecule has 2 unspecified atom stereocenters. The molecule has 3 saturated carbocycles. The third-order valence-electron chi connectivity index (χ3n) is 7.52. The average Bonchev–Trinajstić information content (AvgIpc) is 2.74. The van der Waals surface area contributed by atoms with Gasteiger partial charge in [-0.25, -0.2) is 4.39 Å². The van der Waals surface area contributed by atoms with Crippen LogP contribution in [0.5, 0.6) is 0 Å². The Hall–Kier alpha value is -0.700. The van der Waals surface area contributed by atoms with Crippen LogP contribution in [0.25, 0.3) is 0 Å². The van der Waals surface area contributed by atoms with Crippen molar-refractivity contribution in [1.29, 1.82) is 0 Å². The maximum atomic E-state index is 15.2. The van der Waals surface area contributed by atoms with E-state index in [4.69, 9.17) is 0 Å². The predicted octanol–water partition coefficient (Wildman–Crippen LogP) is 3.68. The molecule has 3 heteroatoms. The summed E-state index contributed by atoms with van der Waals surface area (Å²) in [7, 11) is 0. The summed E-state index contributed by atoms with van der Waals surface area (Å²) < 4.78 is 15.2. The summed E-state index contributed by atoms with van der Waals surface area (Å²) in [5, 5.41) is 10.4. The van der Waals surface area contributed by atoms with Crippen molar-refractivity contribution in [1.82, 2.24) is 0 Å². The van der Waals surface area contributed by atoms with Crippen LogP contribution in [0.15, 0.2) is 11.6 Å². The number of ketones is 1. The molecule has 0 saturated heterocycles. The van der Waals surface area contributed by atoms with Gasteiger partial charge in [0.15, 0.2) is 5.78 Å². The first-order valence-electron chi connectivity index (χ1n) is 8.97. The van der Waals surface area contributed by atoms with Crippen LogP contribution >= 0.6 is 0 Å². The molecule has 8 atom stereocenters. The van der Waals surface area contributed by atoms with Gasteiger partial charge in [-0.05, 0) is 67.3 Å². The minimum absolute atomic E-state index is 0.0754. The molecule has 0 aliphatic heterocycles. The Balaban J connectivity index is 1.73. The summed E-state index contributed by atoms with van der Waals surface area (Å²) in [6, 6.07) is 0. The van der Waals surface area contributed by atoms with Crippen molar-refractivity contribution in [3.05, 3.63) is 11.6 Å². The number of aliphatic hydroxyl groups excluding tert-OH is 1. The zero-order valence-electron chi connectivity index (χ0n) is 13.6. The Morgan fingerprint density at radius 2 is 2.05 bits per heavy atom. The normalized spacial score (nSPS) is 54.3. The van der Waals surface area contributed by atoms with Gasteiger partial charge in [-0.1, -0.05) is 19.4 Å². The minimum atomic E-state index is -0.830.